The number of likely N-dealkylation sites (tertiary alicyclic amines) is 2. The summed E-state index contributed by atoms with van der Waals surface area (Å²) < 4.78 is 0. The molecular formula is C19H33N3O2. The number of hydroxylamine groups is 2. The van der Waals surface area contributed by atoms with Gasteiger partial charge in [0.15, 0.2) is 0 Å². The summed E-state index contributed by atoms with van der Waals surface area (Å²) in [5, 5.41) is 2.28. The summed E-state index contributed by atoms with van der Waals surface area (Å²) in [7, 11) is 0. The first-order valence-corrected chi connectivity index (χ1v) is 10.2. The Morgan fingerprint density at radius 1 is 0.833 bits per heavy atom. The molecule has 4 rings (SSSR count). The highest BCUT2D eigenvalue weighted by Gasteiger charge is 2.42. The molecule has 0 radical (unpaired) electrons. The minimum atomic E-state index is 0.207. The molecule has 1 saturated carbocycles. The number of nitrogens with zero attached hydrogens (tertiary/aromatic N) is 3. The summed E-state index contributed by atoms with van der Waals surface area (Å²) in [5.41, 5.74) is 0.207. The number of carbonyl (C=O) groups excluding carboxylic acids is 1. The van der Waals surface area contributed by atoms with E-state index in [-0.39, 0.29) is 11.4 Å². The number of hydrogen-bond donors (Lipinski definition) is 0. The van der Waals surface area contributed by atoms with Crippen LogP contribution in [0.5, 0.6) is 0 Å². The quantitative estimate of drug-likeness (QED) is 0.738. The third-order valence-electron chi connectivity index (χ3n) is 6.69. The van der Waals surface area contributed by atoms with Gasteiger partial charge in [-0.25, -0.2) is 4.79 Å². The fourth-order valence-electron chi connectivity index (χ4n) is 5.16. The van der Waals surface area contributed by atoms with Crippen molar-refractivity contribution in [2.24, 2.45) is 5.41 Å². The summed E-state index contributed by atoms with van der Waals surface area (Å²) >= 11 is 0. The van der Waals surface area contributed by atoms with Gasteiger partial charge in [0.05, 0.1) is 6.61 Å². The van der Waals surface area contributed by atoms with Crippen LogP contribution < -0.4 is 0 Å². The van der Waals surface area contributed by atoms with Gasteiger partial charge in [-0.1, -0.05) is 19.3 Å². The molecule has 1 spiro atoms. The average molecular weight is 335 g/mol. The predicted octanol–water partition coefficient (Wildman–Crippen LogP) is 3.25. The summed E-state index contributed by atoms with van der Waals surface area (Å²) in [5.74, 6) is 0. The molecule has 0 N–H and O–H groups in total. The molecular weight excluding hydrogens is 302 g/mol. The van der Waals surface area contributed by atoms with Gasteiger partial charge in [0.1, 0.15) is 0 Å². The molecule has 1 aliphatic carbocycles. The van der Waals surface area contributed by atoms with Crippen molar-refractivity contribution in [2.45, 2.75) is 70.3 Å². The molecule has 5 nitrogen and oxygen atoms in total. The Morgan fingerprint density at radius 3 is 2.29 bits per heavy atom. The topological polar surface area (TPSA) is 36.0 Å². The van der Waals surface area contributed by atoms with Gasteiger partial charge in [-0.05, 0) is 44.9 Å². The number of amides is 2. The van der Waals surface area contributed by atoms with E-state index in [1.165, 1.54) is 57.8 Å². The van der Waals surface area contributed by atoms with Gasteiger partial charge in [-0.3, -0.25) is 4.84 Å². The SMILES string of the molecule is O=C(N1CCCC1)N1CCCC2(CCN(C3CCCCC3)OC2)C1. The van der Waals surface area contributed by atoms with Gasteiger partial charge in [0, 0.05) is 44.2 Å². The molecule has 5 heteroatoms. The van der Waals surface area contributed by atoms with Crippen LogP contribution in [0.4, 0.5) is 4.79 Å². The van der Waals surface area contributed by atoms with Crippen molar-refractivity contribution in [1.29, 1.82) is 0 Å². The highest BCUT2D eigenvalue weighted by molar-refractivity contribution is 5.74. The van der Waals surface area contributed by atoms with Gasteiger partial charge < -0.3 is 9.80 Å². The highest BCUT2D eigenvalue weighted by atomic mass is 16.7. The molecule has 3 heterocycles. The van der Waals surface area contributed by atoms with Crippen LogP contribution in [0.2, 0.25) is 0 Å². The van der Waals surface area contributed by atoms with Crippen molar-refractivity contribution in [3.8, 4) is 0 Å². The minimum Gasteiger partial charge on any atom is -0.325 e. The highest BCUT2D eigenvalue weighted by Crippen LogP contribution is 2.39. The van der Waals surface area contributed by atoms with E-state index in [1.54, 1.807) is 0 Å². The van der Waals surface area contributed by atoms with Crippen LogP contribution in [-0.4, -0.2) is 66.3 Å². The predicted molar refractivity (Wildman–Crippen MR) is 93.6 cm³/mol. The van der Waals surface area contributed by atoms with Crippen molar-refractivity contribution in [3.05, 3.63) is 0 Å². The Labute approximate surface area is 146 Å². The second kappa shape index (κ2) is 7.20. The summed E-state index contributed by atoms with van der Waals surface area (Å²) in [6.07, 6.45) is 12.6. The minimum absolute atomic E-state index is 0.207. The van der Waals surface area contributed by atoms with Gasteiger partial charge in [-0.15, -0.1) is 0 Å². The van der Waals surface area contributed by atoms with Crippen molar-refractivity contribution < 1.29 is 9.63 Å². The number of hydrogen-bond acceptors (Lipinski definition) is 3. The zero-order valence-corrected chi connectivity index (χ0v) is 15.0. The first-order valence-electron chi connectivity index (χ1n) is 10.2. The van der Waals surface area contributed by atoms with E-state index in [9.17, 15) is 4.79 Å². The van der Waals surface area contributed by atoms with Gasteiger partial charge in [0.2, 0.25) is 0 Å². The van der Waals surface area contributed by atoms with Crippen molar-refractivity contribution in [1.82, 2.24) is 14.9 Å². The Hall–Kier alpha value is -0.810. The molecule has 4 aliphatic rings. The molecule has 0 aromatic carbocycles. The molecule has 136 valence electrons. The van der Waals surface area contributed by atoms with Gasteiger partial charge >= 0.3 is 6.03 Å². The molecule has 1 atom stereocenters. The summed E-state index contributed by atoms with van der Waals surface area (Å²) in [4.78, 5) is 23.2. The van der Waals surface area contributed by atoms with E-state index in [4.69, 9.17) is 4.84 Å². The zero-order valence-electron chi connectivity index (χ0n) is 15.0. The Bertz CT molecular complexity index is 436. The fourth-order valence-corrected chi connectivity index (χ4v) is 5.16. The third kappa shape index (κ3) is 3.43. The molecule has 0 aromatic heterocycles. The molecule has 1 unspecified atom stereocenters. The molecule has 3 saturated heterocycles. The molecule has 2 amide bonds. The fraction of sp³-hybridized carbons (Fsp3) is 0.947. The zero-order chi connectivity index (χ0) is 16.4. The van der Waals surface area contributed by atoms with Gasteiger partial charge in [-0.2, -0.15) is 5.06 Å². The maximum absolute atomic E-state index is 12.7. The smallest absolute Gasteiger partial charge is 0.320 e. The second-order valence-corrected chi connectivity index (χ2v) is 8.46. The number of urea groups is 1. The third-order valence-corrected chi connectivity index (χ3v) is 6.69. The average Bonchev–Trinajstić information content (AvgIpc) is 3.17. The number of rotatable bonds is 1. The standard InChI is InChI=1S/C19H33N3O2/c23-18(20-11-4-5-12-20)21-13-6-9-19(15-21)10-14-22(24-16-19)17-7-2-1-3-8-17/h17H,1-16H2. The van der Waals surface area contributed by atoms with Crippen LogP contribution in [0, 0.1) is 5.41 Å². The first kappa shape index (κ1) is 16.6. The van der Waals surface area contributed by atoms with Crippen LogP contribution in [0.3, 0.4) is 0 Å². The monoisotopic (exact) mass is 335 g/mol. The normalized spacial score (nSPS) is 33.3. The largest absolute Gasteiger partial charge is 0.325 e. The van der Waals surface area contributed by atoms with Crippen LogP contribution in [-0.2, 0) is 4.84 Å². The number of piperidine rings is 1. The number of carbonyl (C=O) groups is 1. The molecule has 24 heavy (non-hydrogen) atoms. The van der Waals surface area contributed by atoms with Crippen molar-refractivity contribution in [3.63, 3.8) is 0 Å². The maximum atomic E-state index is 12.7. The summed E-state index contributed by atoms with van der Waals surface area (Å²) in [6, 6.07) is 0.920. The molecule has 4 fully saturated rings. The van der Waals surface area contributed by atoms with E-state index >= 15 is 0 Å². The van der Waals surface area contributed by atoms with Crippen LogP contribution in [0.25, 0.3) is 0 Å². The van der Waals surface area contributed by atoms with E-state index in [1.807, 2.05) is 0 Å². The van der Waals surface area contributed by atoms with E-state index < -0.39 is 0 Å². The molecule has 0 bridgehead atoms. The lowest BCUT2D eigenvalue weighted by atomic mass is 9.77. The van der Waals surface area contributed by atoms with E-state index in [2.05, 4.69) is 14.9 Å². The van der Waals surface area contributed by atoms with Gasteiger partial charge in [0.25, 0.3) is 0 Å². The van der Waals surface area contributed by atoms with E-state index in [0.717, 1.165) is 45.8 Å². The Morgan fingerprint density at radius 2 is 1.58 bits per heavy atom. The second-order valence-electron chi connectivity index (χ2n) is 8.46. The molecule has 3 aliphatic heterocycles. The Kier molecular flexibility index (Phi) is 5.00. The summed E-state index contributed by atoms with van der Waals surface area (Å²) in [6.45, 7) is 5.61. The Balaban J connectivity index is 1.33. The van der Waals surface area contributed by atoms with Crippen LogP contribution >= 0.6 is 0 Å². The van der Waals surface area contributed by atoms with Crippen LogP contribution in [0.1, 0.15) is 64.2 Å². The first-order chi connectivity index (χ1) is 11.8. The lowest BCUT2D eigenvalue weighted by Crippen LogP contribution is -2.56. The van der Waals surface area contributed by atoms with E-state index in [0.29, 0.717) is 6.04 Å². The lowest BCUT2D eigenvalue weighted by Gasteiger charge is -2.49. The lowest BCUT2D eigenvalue weighted by molar-refractivity contribution is -0.250. The molecule has 0 aromatic rings. The van der Waals surface area contributed by atoms with Crippen molar-refractivity contribution in [2.75, 3.05) is 39.3 Å². The maximum Gasteiger partial charge on any atom is 0.320 e. The van der Waals surface area contributed by atoms with Crippen LogP contribution in [0.15, 0.2) is 0 Å². The van der Waals surface area contributed by atoms with Crippen molar-refractivity contribution >= 4 is 6.03 Å².